The fourth-order valence-corrected chi connectivity index (χ4v) is 7.03. The van der Waals surface area contributed by atoms with Crippen molar-refractivity contribution in [3.8, 4) is 0 Å². The molecule has 2 heterocycles. The van der Waals surface area contributed by atoms with Gasteiger partial charge in [-0.15, -0.1) is 5.10 Å². The van der Waals surface area contributed by atoms with Gasteiger partial charge in [0.1, 0.15) is 24.9 Å². The lowest BCUT2D eigenvalue weighted by Crippen LogP contribution is -2.59. The number of ether oxygens (including phenoxy) is 3. The molecule has 0 unspecified atom stereocenters. The van der Waals surface area contributed by atoms with E-state index in [1.54, 1.807) is 26.0 Å². The van der Waals surface area contributed by atoms with Crippen molar-refractivity contribution in [2.24, 2.45) is 0 Å². The second kappa shape index (κ2) is 20.1. The smallest absolute Gasteiger partial charge is 0.341 e. The lowest BCUT2D eigenvalue weighted by atomic mass is 9.97. The van der Waals surface area contributed by atoms with Crippen LogP contribution in [-0.2, 0) is 46.5 Å². The van der Waals surface area contributed by atoms with Crippen LogP contribution in [0.25, 0.3) is 10.8 Å². The van der Waals surface area contributed by atoms with Gasteiger partial charge >= 0.3 is 11.9 Å². The van der Waals surface area contributed by atoms with Gasteiger partial charge in [0.15, 0.2) is 18.2 Å². The Hall–Kier alpha value is -5.45. The molecule has 0 bridgehead atoms. The SMILES string of the molecule is COCn1nnnc1CC[C@H](NC(=O)c1cccc2ccccc12)C(=O)N1CCCC[C@H]1C(=O)N[C@@H](CC(=O)OC(C)C)C(=O)COC(=O)c1c(Cl)cccc1Cl. The van der Waals surface area contributed by atoms with Crippen LogP contribution < -0.4 is 10.6 Å². The van der Waals surface area contributed by atoms with Gasteiger partial charge in [-0.05, 0) is 78.9 Å². The number of nitrogens with zero attached hydrogens (tertiary/aromatic N) is 5. The number of carbonyl (C=O) groups excluding carboxylic acids is 6. The zero-order valence-electron chi connectivity index (χ0n) is 31.6. The lowest BCUT2D eigenvalue weighted by molar-refractivity contribution is -0.150. The summed E-state index contributed by atoms with van der Waals surface area (Å²) in [5.74, 6) is -3.93. The summed E-state index contributed by atoms with van der Waals surface area (Å²) in [5.41, 5.74) is 0.206. The van der Waals surface area contributed by atoms with E-state index in [0.717, 1.165) is 5.39 Å². The average Bonchev–Trinajstić information content (AvgIpc) is 3.64. The molecule has 18 heteroatoms. The van der Waals surface area contributed by atoms with Crippen LogP contribution >= 0.6 is 23.2 Å². The van der Waals surface area contributed by atoms with E-state index >= 15 is 0 Å². The molecule has 0 aliphatic carbocycles. The summed E-state index contributed by atoms with van der Waals surface area (Å²) in [6.07, 6.45) is 0.502. The van der Waals surface area contributed by atoms with Gasteiger partial charge < -0.3 is 29.7 Å². The van der Waals surface area contributed by atoms with Crippen LogP contribution in [-0.4, -0.2) is 105 Å². The first-order chi connectivity index (χ1) is 27.4. The van der Waals surface area contributed by atoms with Gasteiger partial charge in [0.05, 0.1) is 28.1 Å². The Labute approximate surface area is 338 Å². The van der Waals surface area contributed by atoms with E-state index in [1.807, 2.05) is 30.3 Å². The number of hydrogen-bond acceptors (Lipinski definition) is 12. The van der Waals surface area contributed by atoms with Gasteiger partial charge in [-0.3, -0.25) is 24.0 Å². The van der Waals surface area contributed by atoms with E-state index in [-0.39, 0.29) is 48.1 Å². The van der Waals surface area contributed by atoms with Crippen LogP contribution in [0.5, 0.6) is 0 Å². The number of halogens is 2. The molecule has 3 amide bonds. The topological polar surface area (TPSA) is 201 Å². The van der Waals surface area contributed by atoms with Gasteiger partial charge in [0.2, 0.25) is 11.8 Å². The van der Waals surface area contributed by atoms with Gasteiger partial charge in [-0.1, -0.05) is 65.7 Å². The summed E-state index contributed by atoms with van der Waals surface area (Å²) >= 11 is 12.2. The highest BCUT2D eigenvalue weighted by atomic mass is 35.5. The molecule has 16 nitrogen and oxygen atoms in total. The maximum Gasteiger partial charge on any atom is 0.341 e. The Morgan fingerprint density at radius 2 is 1.63 bits per heavy atom. The summed E-state index contributed by atoms with van der Waals surface area (Å²) in [7, 11) is 1.48. The number of methoxy groups -OCH3 is 1. The standard InChI is InChI=1S/C39H43Cl2N7O9/c1-23(2)57-34(50)20-30(32(49)21-56-39(54)35-27(40)14-9-15-28(35)41)43-37(52)31-16-6-7-19-47(31)38(53)29(17-18-33-44-45-46-48(33)22-55-3)42-36(51)26-13-8-11-24-10-4-5-12-25(24)26/h4-5,8-15,23,29-31H,6-7,16-22H2,1-3H3,(H,42,51)(H,43,52)/t29-,30-,31-/m0/s1. The normalized spacial score (nSPS) is 15.1. The van der Waals surface area contributed by atoms with Gasteiger partial charge in [-0.2, -0.15) is 0 Å². The highest BCUT2D eigenvalue weighted by molar-refractivity contribution is 6.39. The van der Waals surface area contributed by atoms with E-state index in [1.165, 1.54) is 34.9 Å². The van der Waals surface area contributed by atoms with Crippen LogP contribution in [0.4, 0.5) is 0 Å². The first-order valence-electron chi connectivity index (χ1n) is 18.3. The Kier molecular flexibility index (Phi) is 15.1. The van der Waals surface area contributed by atoms with Crippen molar-refractivity contribution in [1.82, 2.24) is 35.7 Å². The fraction of sp³-hybridized carbons (Fsp3) is 0.410. The largest absolute Gasteiger partial charge is 0.463 e. The number of aromatic nitrogens is 4. The number of hydrogen-bond donors (Lipinski definition) is 2. The number of aryl methyl sites for hydroxylation is 1. The van der Waals surface area contributed by atoms with Crippen molar-refractivity contribution in [3.63, 3.8) is 0 Å². The number of ketones is 1. The van der Waals surface area contributed by atoms with Gasteiger partial charge in [-0.25, -0.2) is 9.48 Å². The van der Waals surface area contributed by atoms with Crippen LogP contribution in [0.2, 0.25) is 10.0 Å². The zero-order chi connectivity index (χ0) is 41.1. The molecule has 57 heavy (non-hydrogen) atoms. The summed E-state index contributed by atoms with van der Waals surface area (Å²) in [6, 6.07) is 13.3. The second-order valence-electron chi connectivity index (χ2n) is 13.6. The van der Waals surface area contributed by atoms with E-state index in [9.17, 15) is 28.8 Å². The number of piperidine rings is 1. The number of nitrogens with one attached hydrogen (secondary N) is 2. The van der Waals surface area contributed by atoms with E-state index < -0.39 is 72.7 Å². The van der Waals surface area contributed by atoms with E-state index in [2.05, 4.69) is 26.2 Å². The first kappa shape index (κ1) is 42.7. The molecule has 1 saturated heterocycles. The number of carbonyl (C=O) groups is 6. The Morgan fingerprint density at radius 3 is 2.37 bits per heavy atom. The average molecular weight is 825 g/mol. The van der Waals surface area contributed by atoms with Crippen molar-refractivity contribution in [3.05, 3.63) is 87.7 Å². The molecule has 1 aliphatic rings. The molecule has 3 aromatic carbocycles. The molecule has 1 aliphatic heterocycles. The highest BCUT2D eigenvalue weighted by Gasteiger charge is 2.38. The van der Waals surface area contributed by atoms with E-state index in [0.29, 0.717) is 29.6 Å². The molecule has 4 aromatic rings. The minimum atomic E-state index is -1.49. The number of fused-ring (bicyclic) bond motifs is 1. The third kappa shape index (κ3) is 11.1. The molecular formula is C39H43Cl2N7O9. The van der Waals surface area contributed by atoms with E-state index in [4.69, 9.17) is 37.4 Å². The molecule has 302 valence electrons. The third-order valence-electron chi connectivity index (χ3n) is 9.20. The second-order valence-corrected chi connectivity index (χ2v) is 14.4. The minimum absolute atomic E-state index is 0.00696. The van der Waals surface area contributed by atoms with Crippen LogP contribution in [0.15, 0.2) is 60.7 Å². The van der Waals surface area contributed by atoms with Crippen LogP contribution in [0.1, 0.15) is 72.5 Å². The Bertz CT molecular complexity index is 2090. The van der Waals surface area contributed by atoms with Gasteiger partial charge in [0.25, 0.3) is 5.91 Å². The Morgan fingerprint density at radius 1 is 0.912 bits per heavy atom. The third-order valence-corrected chi connectivity index (χ3v) is 9.83. The number of likely N-dealkylation sites (tertiary alicyclic amines) is 1. The minimum Gasteiger partial charge on any atom is -0.463 e. The van der Waals surface area contributed by atoms with Crippen molar-refractivity contribution in [1.29, 1.82) is 0 Å². The highest BCUT2D eigenvalue weighted by Crippen LogP contribution is 2.26. The number of esters is 2. The van der Waals surface area contributed by atoms with Crippen LogP contribution in [0, 0.1) is 0 Å². The number of amides is 3. The van der Waals surface area contributed by atoms with Crippen molar-refractivity contribution >= 4 is 69.4 Å². The predicted molar refractivity (Wildman–Crippen MR) is 207 cm³/mol. The van der Waals surface area contributed by atoms with Crippen molar-refractivity contribution in [2.45, 2.75) is 83.3 Å². The summed E-state index contributed by atoms with van der Waals surface area (Å²) in [5, 5.41) is 18.7. The molecule has 0 radical (unpaired) electrons. The van der Waals surface area contributed by atoms with Crippen LogP contribution in [0.3, 0.4) is 0 Å². The lowest BCUT2D eigenvalue weighted by Gasteiger charge is -2.37. The quantitative estimate of drug-likeness (QED) is 0.145. The molecule has 5 rings (SSSR count). The number of tetrazole rings is 1. The van der Waals surface area contributed by atoms with Crippen molar-refractivity contribution in [2.75, 3.05) is 20.3 Å². The zero-order valence-corrected chi connectivity index (χ0v) is 33.1. The molecule has 2 N–H and O–H groups in total. The first-order valence-corrected chi connectivity index (χ1v) is 19.1. The number of benzene rings is 3. The molecule has 0 spiro atoms. The molecule has 1 fully saturated rings. The molecular weight excluding hydrogens is 781 g/mol. The maximum absolute atomic E-state index is 14.5. The number of Topliss-reactive ketones (excluding diaryl/α,β-unsaturated/α-hetero) is 1. The summed E-state index contributed by atoms with van der Waals surface area (Å²) in [6.45, 7) is 2.65. The van der Waals surface area contributed by atoms with Crippen molar-refractivity contribution < 1.29 is 43.0 Å². The maximum atomic E-state index is 14.5. The van der Waals surface area contributed by atoms with Gasteiger partial charge in [0, 0.05) is 25.6 Å². The fourth-order valence-electron chi connectivity index (χ4n) is 6.48. The number of rotatable bonds is 17. The summed E-state index contributed by atoms with van der Waals surface area (Å²) in [4.78, 5) is 83.0. The predicted octanol–water partition coefficient (Wildman–Crippen LogP) is 4.10. The molecule has 0 saturated carbocycles. The monoisotopic (exact) mass is 823 g/mol. The molecule has 1 aromatic heterocycles. The Balaban J connectivity index is 1.37. The summed E-state index contributed by atoms with van der Waals surface area (Å²) < 4.78 is 17.0. The molecule has 3 atom stereocenters.